The van der Waals surface area contributed by atoms with Gasteiger partial charge in [0.15, 0.2) is 9.84 Å². The summed E-state index contributed by atoms with van der Waals surface area (Å²) >= 11 is 0. The van der Waals surface area contributed by atoms with Crippen molar-refractivity contribution in [3.63, 3.8) is 0 Å². The predicted octanol–water partition coefficient (Wildman–Crippen LogP) is 0.809. The molecule has 1 N–H and O–H groups in total. The first-order valence-electron chi connectivity index (χ1n) is 4.99. The van der Waals surface area contributed by atoms with Crippen molar-refractivity contribution in [2.24, 2.45) is 5.92 Å². The zero-order valence-electron chi connectivity index (χ0n) is 8.41. The van der Waals surface area contributed by atoms with Gasteiger partial charge in [-0.25, -0.2) is 8.42 Å². The zero-order chi connectivity index (χ0) is 9.90. The van der Waals surface area contributed by atoms with E-state index in [1.165, 1.54) is 0 Å². The lowest BCUT2D eigenvalue weighted by molar-refractivity contribution is 0.372. The van der Waals surface area contributed by atoms with Gasteiger partial charge < -0.3 is 5.32 Å². The summed E-state index contributed by atoms with van der Waals surface area (Å²) in [7, 11) is -2.74. The minimum atomic E-state index is -2.74. The van der Waals surface area contributed by atoms with Gasteiger partial charge in [0.2, 0.25) is 0 Å². The van der Waals surface area contributed by atoms with Crippen molar-refractivity contribution in [1.82, 2.24) is 5.32 Å². The van der Waals surface area contributed by atoms with Crippen molar-refractivity contribution in [2.75, 3.05) is 18.1 Å². The fourth-order valence-electron chi connectivity index (χ4n) is 1.94. The summed E-state index contributed by atoms with van der Waals surface area (Å²) in [6.07, 6.45) is 1.89. The Hall–Kier alpha value is -0.0900. The van der Waals surface area contributed by atoms with Gasteiger partial charge in [0.05, 0.1) is 11.5 Å². The molecule has 0 radical (unpaired) electrons. The van der Waals surface area contributed by atoms with E-state index < -0.39 is 9.84 Å². The standard InChI is InChI=1S/C9H19NO2S/c1-3-10-8(2)9-5-4-6-13(11,12)7-9/h8-10H,3-7H2,1-2H3. The van der Waals surface area contributed by atoms with Gasteiger partial charge in [-0.05, 0) is 32.2 Å². The van der Waals surface area contributed by atoms with E-state index >= 15 is 0 Å². The molecule has 0 aromatic carbocycles. The van der Waals surface area contributed by atoms with Crippen molar-refractivity contribution in [1.29, 1.82) is 0 Å². The predicted molar refractivity (Wildman–Crippen MR) is 54.5 cm³/mol. The number of nitrogens with one attached hydrogen (secondary N) is 1. The van der Waals surface area contributed by atoms with E-state index in [-0.39, 0.29) is 0 Å². The van der Waals surface area contributed by atoms with E-state index in [4.69, 9.17) is 0 Å². The van der Waals surface area contributed by atoms with Crippen LogP contribution in [-0.4, -0.2) is 32.5 Å². The first-order valence-corrected chi connectivity index (χ1v) is 6.81. The van der Waals surface area contributed by atoms with E-state index in [1.807, 2.05) is 6.92 Å². The van der Waals surface area contributed by atoms with Gasteiger partial charge in [0.1, 0.15) is 0 Å². The highest BCUT2D eigenvalue weighted by molar-refractivity contribution is 7.91. The summed E-state index contributed by atoms with van der Waals surface area (Å²) in [5.74, 6) is 1.09. The third-order valence-electron chi connectivity index (χ3n) is 2.73. The van der Waals surface area contributed by atoms with Crippen molar-refractivity contribution in [3.8, 4) is 0 Å². The van der Waals surface area contributed by atoms with E-state index in [0.29, 0.717) is 23.5 Å². The van der Waals surface area contributed by atoms with Gasteiger partial charge >= 0.3 is 0 Å². The van der Waals surface area contributed by atoms with Gasteiger partial charge in [-0.3, -0.25) is 0 Å². The van der Waals surface area contributed by atoms with Gasteiger partial charge in [0.25, 0.3) is 0 Å². The maximum Gasteiger partial charge on any atom is 0.150 e. The van der Waals surface area contributed by atoms with E-state index in [9.17, 15) is 8.42 Å². The Morgan fingerprint density at radius 3 is 2.77 bits per heavy atom. The molecule has 0 saturated carbocycles. The van der Waals surface area contributed by atoms with Gasteiger partial charge in [-0.2, -0.15) is 0 Å². The quantitative estimate of drug-likeness (QED) is 0.741. The van der Waals surface area contributed by atoms with Crippen LogP contribution >= 0.6 is 0 Å². The van der Waals surface area contributed by atoms with E-state index in [2.05, 4.69) is 12.2 Å². The third kappa shape index (κ3) is 3.27. The molecular formula is C9H19NO2S. The molecule has 0 aromatic heterocycles. The average molecular weight is 205 g/mol. The second-order valence-electron chi connectivity index (χ2n) is 3.86. The molecule has 1 heterocycles. The largest absolute Gasteiger partial charge is 0.314 e. The Morgan fingerprint density at radius 1 is 1.54 bits per heavy atom. The third-order valence-corrected chi connectivity index (χ3v) is 4.58. The molecular weight excluding hydrogens is 186 g/mol. The summed E-state index contributed by atoms with van der Waals surface area (Å²) in [6, 6.07) is 0.333. The van der Waals surface area contributed by atoms with E-state index in [1.54, 1.807) is 0 Å². The molecule has 13 heavy (non-hydrogen) atoms. The highest BCUT2D eigenvalue weighted by Gasteiger charge is 2.27. The number of hydrogen-bond acceptors (Lipinski definition) is 3. The number of hydrogen-bond donors (Lipinski definition) is 1. The molecule has 1 saturated heterocycles. The summed E-state index contributed by atoms with van der Waals surface area (Å²) < 4.78 is 22.7. The molecule has 0 aromatic rings. The second-order valence-corrected chi connectivity index (χ2v) is 6.09. The highest BCUT2D eigenvalue weighted by Crippen LogP contribution is 2.21. The molecule has 3 nitrogen and oxygen atoms in total. The van der Waals surface area contributed by atoms with Crippen LogP contribution in [0.3, 0.4) is 0 Å². The maximum absolute atomic E-state index is 11.3. The van der Waals surface area contributed by atoms with Gasteiger partial charge in [-0.15, -0.1) is 0 Å². The van der Waals surface area contributed by atoms with Crippen LogP contribution in [-0.2, 0) is 9.84 Å². The lowest BCUT2D eigenvalue weighted by atomic mass is 9.98. The first kappa shape index (κ1) is 11.0. The summed E-state index contributed by atoms with van der Waals surface area (Å²) in [5.41, 5.74) is 0. The Bertz CT molecular complexity index is 248. The van der Waals surface area contributed by atoms with Crippen LogP contribution in [0.5, 0.6) is 0 Å². The smallest absolute Gasteiger partial charge is 0.150 e. The molecule has 78 valence electrons. The normalized spacial score (nSPS) is 29.8. The van der Waals surface area contributed by atoms with Crippen LogP contribution in [0.4, 0.5) is 0 Å². The first-order chi connectivity index (χ1) is 6.05. The molecule has 0 spiro atoms. The number of rotatable bonds is 3. The molecule has 1 aliphatic rings. The monoisotopic (exact) mass is 205 g/mol. The van der Waals surface area contributed by atoms with Gasteiger partial charge in [0, 0.05) is 6.04 Å². The van der Waals surface area contributed by atoms with Gasteiger partial charge in [-0.1, -0.05) is 6.92 Å². The SMILES string of the molecule is CCNC(C)C1CCCS(=O)(=O)C1. The van der Waals surface area contributed by atoms with Crippen LogP contribution in [0.2, 0.25) is 0 Å². The summed E-state index contributed by atoms with van der Waals surface area (Å²) in [5, 5.41) is 3.29. The Kier molecular flexibility index (Phi) is 3.74. The lowest BCUT2D eigenvalue weighted by Crippen LogP contribution is -2.40. The average Bonchev–Trinajstić information content (AvgIpc) is 2.03. The Morgan fingerprint density at radius 2 is 2.23 bits per heavy atom. The van der Waals surface area contributed by atoms with Crippen molar-refractivity contribution < 1.29 is 8.42 Å². The molecule has 0 bridgehead atoms. The van der Waals surface area contributed by atoms with Crippen LogP contribution in [0.25, 0.3) is 0 Å². The Labute approximate surface area is 80.8 Å². The summed E-state index contributed by atoms with van der Waals surface area (Å²) in [6.45, 7) is 5.04. The maximum atomic E-state index is 11.3. The molecule has 2 atom stereocenters. The zero-order valence-corrected chi connectivity index (χ0v) is 9.23. The van der Waals surface area contributed by atoms with Crippen LogP contribution < -0.4 is 5.32 Å². The van der Waals surface area contributed by atoms with Crippen LogP contribution in [0.1, 0.15) is 26.7 Å². The molecule has 1 fully saturated rings. The van der Waals surface area contributed by atoms with Crippen LogP contribution in [0.15, 0.2) is 0 Å². The molecule has 2 unspecified atom stereocenters. The highest BCUT2D eigenvalue weighted by atomic mass is 32.2. The van der Waals surface area contributed by atoms with E-state index in [0.717, 1.165) is 19.4 Å². The fraction of sp³-hybridized carbons (Fsp3) is 1.00. The topological polar surface area (TPSA) is 46.2 Å². The number of sulfone groups is 1. The summed E-state index contributed by atoms with van der Waals surface area (Å²) in [4.78, 5) is 0. The molecule has 1 aliphatic heterocycles. The van der Waals surface area contributed by atoms with Crippen molar-refractivity contribution >= 4 is 9.84 Å². The molecule has 0 amide bonds. The van der Waals surface area contributed by atoms with Crippen molar-refractivity contribution in [2.45, 2.75) is 32.7 Å². The Balaban J connectivity index is 2.51. The minimum Gasteiger partial charge on any atom is -0.314 e. The molecule has 4 heteroatoms. The molecule has 1 rings (SSSR count). The minimum absolute atomic E-state index is 0.318. The molecule has 0 aliphatic carbocycles. The fourth-order valence-corrected chi connectivity index (χ4v) is 3.82. The second kappa shape index (κ2) is 4.42. The van der Waals surface area contributed by atoms with Crippen molar-refractivity contribution in [3.05, 3.63) is 0 Å². The lowest BCUT2D eigenvalue weighted by Gasteiger charge is -2.27. The van der Waals surface area contributed by atoms with Crippen LogP contribution in [0, 0.1) is 5.92 Å².